The number of ether oxygens (including phenoxy) is 1. The van der Waals surface area contributed by atoms with Crippen molar-refractivity contribution in [3.63, 3.8) is 0 Å². The van der Waals surface area contributed by atoms with E-state index in [1.54, 1.807) is 13.2 Å². The van der Waals surface area contributed by atoms with Crippen LogP contribution in [0.2, 0.25) is 0 Å². The Bertz CT molecular complexity index is 801. The molecule has 3 rings (SSSR count). The first kappa shape index (κ1) is 16.5. The summed E-state index contributed by atoms with van der Waals surface area (Å²) in [5.74, 6) is 0.538. The van der Waals surface area contributed by atoms with Crippen molar-refractivity contribution >= 4 is 50.1 Å². The Labute approximate surface area is 144 Å². The average Bonchev–Trinajstić information content (AvgIpc) is 2.99. The van der Waals surface area contributed by atoms with Crippen molar-refractivity contribution < 1.29 is 17.9 Å². The summed E-state index contributed by atoms with van der Waals surface area (Å²) in [7, 11) is -1.50. The molecular formula is C15H15NO4S3. The fourth-order valence-corrected chi connectivity index (χ4v) is 5.79. The lowest BCUT2D eigenvalue weighted by molar-refractivity contribution is -0.123. The number of hydrogen-bond donors (Lipinski definition) is 0. The predicted molar refractivity (Wildman–Crippen MR) is 95.1 cm³/mol. The molecule has 0 unspecified atom stereocenters. The molecule has 2 aliphatic rings. The molecule has 0 aromatic heterocycles. The van der Waals surface area contributed by atoms with E-state index in [1.165, 1.54) is 16.7 Å². The number of benzene rings is 1. The van der Waals surface area contributed by atoms with Crippen molar-refractivity contribution in [2.24, 2.45) is 0 Å². The van der Waals surface area contributed by atoms with Crippen LogP contribution in [0, 0.1) is 0 Å². The highest BCUT2D eigenvalue weighted by Crippen LogP contribution is 2.37. The molecule has 0 saturated carbocycles. The molecule has 1 aromatic rings. The van der Waals surface area contributed by atoms with Crippen LogP contribution >= 0.6 is 24.0 Å². The van der Waals surface area contributed by atoms with Gasteiger partial charge in [-0.3, -0.25) is 9.69 Å². The quantitative estimate of drug-likeness (QED) is 0.600. The Hall–Kier alpha value is -1.38. The van der Waals surface area contributed by atoms with Gasteiger partial charge in [-0.1, -0.05) is 42.2 Å². The van der Waals surface area contributed by atoms with Gasteiger partial charge in [0.15, 0.2) is 9.84 Å². The highest BCUT2D eigenvalue weighted by atomic mass is 32.2. The number of carbonyl (C=O) groups is 1. The van der Waals surface area contributed by atoms with Gasteiger partial charge in [0.05, 0.1) is 29.6 Å². The molecule has 2 saturated heterocycles. The highest BCUT2D eigenvalue weighted by Gasteiger charge is 2.42. The first-order valence-corrected chi connectivity index (χ1v) is 10.1. The molecule has 0 aliphatic carbocycles. The van der Waals surface area contributed by atoms with Crippen molar-refractivity contribution in [2.45, 2.75) is 12.5 Å². The summed E-state index contributed by atoms with van der Waals surface area (Å²) in [6.45, 7) is 0. The number of para-hydroxylation sites is 1. The minimum Gasteiger partial charge on any atom is -0.496 e. The second-order valence-corrected chi connectivity index (χ2v) is 9.26. The second-order valence-electron chi connectivity index (χ2n) is 5.35. The molecule has 122 valence electrons. The van der Waals surface area contributed by atoms with Crippen LogP contribution < -0.4 is 4.74 Å². The maximum absolute atomic E-state index is 12.6. The van der Waals surface area contributed by atoms with Gasteiger partial charge in [0.2, 0.25) is 0 Å². The number of rotatable bonds is 3. The third-order valence-corrected chi connectivity index (χ3v) is 6.90. The fraction of sp³-hybridized carbons (Fsp3) is 0.333. The van der Waals surface area contributed by atoms with E-state index in [4.69, 9.17) is 17.0 Å². The molecule has 8 heteroatoms. The van der Waals surface area contributed by atoms with Crippen LogP contribution in [0.3, 0.4) is 0 Å². The van der Waals surface area contributed by atoms with Crippen LogP contribution in [0.4, 0.5) is 0 Å². The number of thioether (sulfide) groups is 1. The molecule has 1 aromatic carbocycles. The molecule has 5 nitrogen and oxygen atoms in total. The van der Waals surface area contributed by atoms with Crippen molar-refractivity contribution in [1.82, 2.24) is 4.90 Å². The number of carbonyl (C=O) groups excluding carboxylic acids is 1. The molecule has 2 aliphatic heterocycles. The van der Waals surface area contributed by atoms with Crippen molar-refractivity contribution in [3.8, 4) is 5.75 Å². The summed E-state index contributed by atoms with van der Waals surface area (Å²) in [6.07, 6.45) is 2.18. The van der Waals surface area contributed by atoms with E-state index in [0.29, 0.717) is 21.4 Å². The van der Waals surface area contributed by atoms with Crippen LogP contribution in [-0.2, 0) is 14.6 Å². The molecule has 1 atom stereocenters. The topological polar surface area (TPSA) is 63.7 Å². The summed E-state index contributed by atoms with van der Waals surface area (Å²) in [6, 6.07) is 7.03. The number of thiocarbonyl (C=S) groups is 1. The Morgan fingerprint density at radius 2 is 2.13 bits per heavy atom. The minimum atomic E-state index is -3.07. The molecule has 0 bridgehead atoms. The van der Waals surface area contributed by atoms with Crippen LogP contribution in [0.1, 0.15) is 12.0 Å². The molecule has 0 spiro atoms. The standard InChI is InChI=1S/C15H15NO4S3/c1-20-12-5-3-2-4-10(12)8-13-14(17)16(15(21)22-13)11-6-7-23(18,19)9-11/h2-5,8,11H,6-7,9H2,1H3/b13-8-/t11-/m0/s1. The van der Waals surface area contributed by atoms with E-state index in [2.05, 4.69) is 0 Å². The van der Waals surface area contributed by atoms with Gasteiger partial charge in [0.1, 0.15) is 10.1 Å². The SMILES string of the molecule is COc1ccccc1/C=C1\SC(=S)N([C@H]2CCS(=O)(=O)C2)C1=O. The monoisotopic (exact) mass is 369 g/mol. The zero-order valence-corrected chi connectivity index (χ0v) is 14.8. The Morgan fingerprint density at radius 1 is 1.39 bits per heavy atom. The van der Waals surface area contributed by atoms with Crippen molar-refractivity contribution in [1.29, 1.82) is 0 Å². The normalized spacial score (nSPS) is 25.3. The number of amides is 1. The molecular weight excluding hydrogens is 354 g/mol. The summed E-state index contributed by atoms with van der Waals surface area (Å²) in [5.41, 5.74) is 0.787. The fourth-order valence-electron chi connectivity index (χ4n) is 2.70. The molecule has 1 amide bonds. The molecule has 0 N–H and O–H groups in total. The van der Waals surface area contributed by atoms with Gasteiger partial charge in [-0.25, -0.2) is 8.42 Å². The third-order valence-electron chi connectivity index (χ3n) is 3.82. The van der Waals surface area contributed by atoms with Gasteiger partial charge in [0.25, 0.3) is 5.91 Å². The van der Waals surface area contributed by atoms with E-state index in [-0.39, 0.29) is 23.5 Å². The van der Waals surface area contributed by atoms with Crippen molar-refractivity contribution in [2.75, 3.05) is 18.6 Å². The lowest BCUT2D eigenvalue weighted by Gasteiger charge is -2.20. The Morgan fingerprint density at radius 3 is 2.78 bits per heavy atom. The van der Waals surface area contributed by atoms with Gasteiger partial charge in [-0.05, 0) is 18.6 Å². The minimum absolute atomic E-state index is 0.0125. The van der Waals surface area contributed by atoms with Crippen LogP contribution in [0.15, 0.2) is 29.2 Å². The van der Waals surface area contributed by atoms with Crippen molar-refractivity contribution in [3.05, 3.63) is 34.7 Å². The van der Waals surface area contributed by atoms with Gasteiger partial charge in [0, 0.05) is 5.56 Å². The number of methoxy groups -OCH3 is 1. The van der Waals surface area contributed by atoms with Crippen LogP contribution in [0.25, 0.3) is 6.08 Å². The lowest BCUT2D eigenvalue weighted by Crippen LogP contribution is -2.39. The molecule has 0 radical (unpaired) electrons. The van der Waals surface area contributed by atoms with Crippen LogP contribution in [-0.4, -0.2) is 48.2 Å². The van der Waals surface area contributed by atoms with Crippen LogP contribution in [0.5, 0.6) is 5.75 Å². The third kappa shape index (κ3) is 3.29. The van der Waals surface area contributed by atoms with E-state index < -0.39 is 9.84 Å². The Kier molecular flexibility index (Phi) is 4.48. The molecule has 2 fully saturated rings. The van der Waals surface area contributed by atoms with E-state index in [1.807, 2.05) is 24.3 Å². The van der Waals surface area contributed by atoms with E-state index in [9.17, 15) is 13.2 Å². The number of nitrogens with zero attached hydrogens (tertiary/aromatic N) is 1. The van der Waals surface area contributed by atoms with Gasteiger partial charge in [-0.15, -0.1) is 0 Å². The summed E-state index contributed by atoms with van der Waals surface area (Å²) in [5, 5.41) is 0. The second kappa shape index (κ2) is 6.26. The van der Waals surface area contributed by atoms with E-state index >= 15 is 0 Å². The van der Waals surface area contributed by atoms with Gasteiger partial charge in [-0.2, -0.15) is 0 Å². The summed E-state index contributed by atoms with van der Waals surface area (Å²) < 4.78 is 29.0. The predicted octanol–water partition coefficient (Wildman–Crippen LogP) is 2.08. The first-order valence-electron chi connectivity index (χ1n) is 7.02. The lowest BCUT2D eigenvalue weighted by atomic mass is 10.1. The zero-order chi connectivity index (χ0) is 16.6. The molecule has 23 heavy (non-hydrogen) atoms. The maximum atomic E-state index is 12.6. The smallest absolute Gasteiger partial charge is 0.266 e. The maximum Gasteiger partial charge on any atom is 0.266 e. The summed E-state index contributed by atoms with van der Waals surface area (Å²) >= 11 is 6.49. The zero-order valence-electron chi connectivity index (χ0n) is 12.4. The number of hydrogen-bond acceptors (Lipinski definition) is 6. The largest absolute Gasteiger partial charge is 0.496 e. The van der Waals surface area contributed by atoms with E-state index in [0.717, 1.165) is 5.56 Å². The highest BCUT2D eigenvalue weighted by molar-refractivity contribution is 8.26. The average molecular weight is 369 g/mol. The van der Waals surface area contributed by atoms with Gasteiger partial charge < -0.3 is 4.74 Å². The number of sulfone groups is 1. The summed E-state index contributed by atoms with van der Waals surface area (Å²) in [4.78, 5) is 14.6. The Balaban J connectivity index is 1.88. The van der Waals surface area contributed by atoms with Gasteiger partial charge >= 0.3 is 0 Å². The first-order chi connectivity index (χ1) is 10.9. The molecule has 2 heterocycles.